The van der Waals surface area contributed by atoms with Gasteiger partial charge in [0, 0.05) is 38.3 Å². The molecule has 2 fully saturated rings. The first-order valence-electron chi connectivity index (χ1n) is 9.78. The molecule has 2 saturated heterocycles. The third-order valence-corrected chi connectivity index (χ3v) is 5.54. The second-order valence-electron chi connectivity index (χ2n) is 7.40. The van der Waals surface area contributed by atoms with Crippen LogP contribution in [0.25, 0.3) is 6.08 Å². The summed E-state index contributed by atoms with van der Waals surface area (Å²) < 4.78 is 11.4. The van der Waals surface area contributed by atoms with Crippen LogP contribution in [0.3, 0.4) is 0 Å². The molecule has 0 unspecified atom stereocenters. The van der Waals surface area contributed by atoms with Gasteiger partial charge in [0.1, 0.15) is 11.9 Å². The van der Waals surface area contributed by atoms with Gasteiger partial charge in [0.2, 0.25) is 5.91 Å². The summed E-state index contributed by atoms with van der Waals surface area (Å²) >= 11 is 6.40. The van der Waals surface area contributed by atoms with E-state index in [1.165, 1.54) is 0 Å². The van der Waals surface area contributed by atoms with E-state index in [-0.39, 0.29) is 12.0 Å². The molecule has 1 aromatic rings. The minimum absolute atomic E-state index is 0.00777. The highest BCUT2D eigenvalue weighted by atomic mass is 35.5. The SMILES string of the molecule is CC(C)N1CCC(Oc2ccc(/C=C/C(=O)N3CCOCC3)c(Cl)c2)CC1. The summed E-state index contributed by atoms with van der Waals surface area (Å²) in [5.74, 6) is 0.784. The number of amides is 1. The standard InChI is InChI=1S/C21H29ClN2O3/c1-16(2)23-9-7-18(8-10-23)27-19-5-3-17(20(22)15-19)4-6-21(25)24-11-13-26-14-12-24/h3-6,15-16,18H,7-14H2,1-2H3/b6-4+. The summed E-state index contributed by atoms with van der Waals surface area (Å²) in [7, 11) is 0. The van der Waals surface area contributed by atoms with E-state index in [0.29, 0.717) is 37.4 Å². The number of carbonyl (C=O) groups excluding carboxylic acids is 1. The average molecular weight is 393 g/mol. The van der Waals surface area contributed by atoms with Crippen LogP contribution in [0.2, 0.25) is 5.02 Å². The van der Waals surface area contributed by atoms with Crippen molar-refractivity contribution in [2.24, 2.45) is 0 Å². The zero-order chi connectivity index (χ0) is 19.2. The fourth-order valence-electron chi connectivity index (χ4n) is 3.47. The molecule has 1 amide bonds. The Morgan fingerprint density at radius 2 is 1.93 bits per heavy atom. The summed E-state index contributed by atoms with van der Waals surface area (Å²) in [6.45, 7) is 9.08. The predicted octanol–water partition coefficient (Wildman–Crippen LogP) is 3.46. The van der Waals surface area contributed by atoms with Crippen molar-refractivity contribution >= 4 is 23.6 Å². The number of likely N-dealkylation sites (tertiary alicyclic amines) is 1. The van der Waals surface area contributed by atoms with Gasteiger partial charge < -0.3 is 19.3 Å². The van der Waals surface area contributed by atoms with Crippen molar-refractivity contribution in [1.29, 1.82) is 0 Å². The molecule has 0 spiro atoms. The fourth-order valence-corrected chi connectivity index (χ4v) is 3.70. The Balaban J connectivity index is 1.54. The lowest BCUT2D eigenvalue weighted by Crippen LogP contribution is -2.41. The van der Waals surface area contributed by atoms with Gasteiger partial charge in [-0.1, -0.05) is 11.6 Å². The number of ether oxygens (including phenoxy) is 2. The second-order valence-corrected chi connectivity index (χ2v) is 7.81. The Kier molecular flexibility index (Phi) is 7.16. The zero-order valence-corrected chi connectivity index (χ0v) is 17.0. The van der Waals surface area contributed by atoms with Crippen molar-refractivity contribution in [3.05, 3.63) is 34.9 Å². The molecule has 3 rings (SSSR count). The first-order valence-corrected chi connectivity index (χ1v) is 10.2. The lowest BCUT2D eigenvalue weighted by molar-refractivity contribution is -0.129. The first-order chi connectivity index (χ1) is 13.0. The van der Waals surface area contributed by atoms with Gasteiger partial charge in [-0.2, -0.15) is 0 Å². The van der Waals surface area contributed by atoms with Gasteiger partial charge >= 0.3 is 0 Å². The number of morpholine rings is 1. The normalized spacial score (nSPS) is 19.8. The second kappa shape index (κ2) is 9.58. The maximum Gasteiger partial charge on any atom is 0.246 e. The summed E-state index contributed by atoms with van der Waals surface area (Å²) in [6, 6.07) is 6.27. The molecule has 5 nitrogen and oxygen atoms in total. The lowest BCUT2D eigenvalue weighted by Gasteiger charge is -2.34. The largest absolute Gasteiger partial charge is 0.490 e. The highest BCUT2D eigenvalue weighted by Crippen LogP contribution is 2.26. The van der Waals surface area contributed by atoms with Gasteiger partial charge in [0.05, 0.1) is 18.2 Å². The minimum Gasteiger partial charge on any atom is -0.490 e. The van der Waals surface area contributed by atoms with E-state index in [1.54, 1.807) is 17.1 Å². The Labute approximate surface area is 166 Å². The Morgan fingerprint density at radius 1 is 1.22 bits per heavy atom. The van der Waals surface area contributed by atoms with Gasteiger partial charge in [-0.05, 0) is 56.5 Å². The van der Waals surface area contributed by atoms with Crippen LogP contribution in [-0.4, -0.2) is 67.2 Å². The smallest absolute Gasteiger partial charge is 0.246 e. The summed E-state index contributed by atoms with van der Waals surface area (Å²) in [5, 5.41) is 0.596. The molecule has 0 radical (unpaired) electrons. The molecule has 0 bridgehead atoms. The number of piperidine rings is 1. The number of benzene rings is 1. The minimum atomic E-state index is -0.00777. The van der Waals surface area contributed by atoms with Gasteiger partial charge in [0.25, 0.3) is 0 Å². The van der Waals surface area contributed by atoms with Crippen molar-refractivity contribution in [3.8, 4) is 5.75 Å². The number of nitrogens with zero attached hydrogens (tertiary/aromatic N) is 2. The van der Waals surface area contributed by atoms with Crippen molar-refractivity contribution in [2.75, 3.05) is 39.4 Å². The average Bonchev–Trinajstić information content (AvgIpc) is 2.68. The van der Waals surface area contributed by atoms with E-state index >= 15 is 0 Å². The van der Waals surface area contributed by atoms with Crippen LogP contribution in [0.4, 0.5) is 0 Å². The maximum absolute atomic E-state index is 12.2. The molecule has 148 valence electrons. The lowest BCUT2D eigenvalue weighted by atomic mass is 10.1. The van der Waals surface area contributed by atoms with Crippen LogP contribution >= 0.6 is 11.6 Å². The summed E-state index contributed by atoms with van der Waals surface area (Å²) in [4.78, 5) is 16.5. The van der Waals surface area contributed by atoms with Gasteiger partial charge in [-0.15, -0.1) is 0 Å². The number of rotatable bonds is 5. The molecule has 6 heteroatoms. The highest BCUT2D eigenvalue weighted by molar-refractivity contribution is 6.32. The van der Waals surface area contributed by atoms with E-state index in [4.69, 9.17) is 21.1 Å². The molecule has 2 aliphatic rings. The van der Waals surface area contributed by atoms with E-state index in [2.05, 4.69) is 18.7 Å². The molecule has 2 heterocycles. The molecule has 0 atom stereocenters. The number of hydrogen-bond donors (Lipinski definition) is 0. The van der Waals surface area contributed by atoms with Crippen LogP contribution in [0.5, 0.6) is 5.75 Å². The number of hydrogen-bond acceptors (Lipinski definition) is 4. The van der Waals surface area contributed by atoms with Gasteiger partial charge in [0.15, 0.2) is 0 Å². The quantitative estimate of drug-likeness (QED) is 0.719. The highest BCUT2D eigenvalue weighted by Gasteiger charge is 2.22. The van der Waals surface area contributed by atoms with Crippen molar-refractivity contribution < 1.29 is 14.3 Å². The van der Waals surface area contributed by atoms with Crippen molar-refractivity contribution in [1.82, 2.24) is 9.80 Å². The third-order valence-electron chi connectivity index (χ3n) is 5.21. The molecule has 0 N–H and O–H groups in total. The maximum atomic E-state index is 12.2. The molecule has 1 aromatic carbocycles. The van der Waals surface area contributed by atoms with E-state index in [0.717, 1.165) is 37.2 Å². The molecule has 0 aromatic heterocycles. The Bertz CT molecular complexity index is 663. The Hall–Kier alpha value is -1.56. The Morgan fingerprint density at radius 3 is 2.56 bits per heavy atom. The number of carbonyl (C=O) groups is 1. The van der Waals surface area contributed by atoms with Crippen LogP contribution in [0.1, 0.15) is 32.3 Å². The van der Waals surface area contributed by atoms with Crippen molar-refractivity contribution in [3.63, 3.8) is 0 Å². The van der Waals surface area contributed by atoms with Crippen LogP contribution < -0.4 is 4.74 Å². The number of halogens is 1. The summed E-state index contributed by atoms with van der Waals surface area (Å²) in [6.07, 6.45) is 5.65. The van der Waals surface area contributed by atoms with Gasteiger partial charge in [-0.3, -0.25) is 4.79 Å². The van der Waals surface area contributed by atoms with E-state index in [9.17, 15) is 4.79 Å². The first kappa shape index (κ1) is 20.2. The molecule has 2 aliphatic heterocycles. The van der Waals surface area contributed by atoms with Crippen LogP contribution in [-0.2, 0) is 9.53 Å². The van der Waals surface area contributed by atoms with Crippen LogP contribution in [0, 0.1) is 0 Å². The summed E-state index contributed by atoms with van der Waals surface area (Å²) in [5.41, 5.74) is 0.820. The predicted molar refractivity (Wildman–Crippen MR) is 108 cm³/mol. The molecule has 0 aliphatic carbocycles. The van der Waals surface area contributed by atoms with Crippen molar-refractivity contribution in [2.45, 2.75) is 38.8 Å². The molecular weight excluding hydrogens is 364 g/mol. The van der Waals surface area contributed by atoms with Crippen LogP contribution in [0.15, 0.2) is 24.3 Å². The fraction of sp³-hybridized carbons (Fsp3) is 0.571. The third kappa shape index (κ3) is 5.71. The topological polar surface area (TPSA) is 42.0 Å². The molecule has 27 heavy (non-hydrogen) atoms. The zero-order valence-electron chi connectivity index (χ0n) is 16.2. The van der Waals surface area contributed by atoms with E-state index < -0.39 is 0 Å². The van der Waals surface area contributed by atoms with E-state index in [1.807, 2.05) is 18.2 Å². The monoisotopic (exact) mass is 392 g/mol. The van der Waals surface area contributed by atoms with Gasteiger partial charge in [-0.25, -0.2) is 0 Å². The molecule has 0 saturated carbocycles. The molecular formula is C21H29ClN2O3.